The molecule has 24 heavy (non-hydrogen) atoms. The fourth-order valence-corrected chi connectivity index (χ4v) is 2.67. The van der Waals surface area contributed by atoms with Gasteiger partial charge in [-0.25, -0.2) is 0 Å². The van der Waals surface area contributed by atoms with E-state index in [9.17, 15) is 4.79 Å². The van der Waals surface area contributed by atoms with Gasteiger partial charge in [0.25, 0.3) is 5.95 Å². The Balaban J connectivity index is 1.54. The van der Waals surface area contributed by atoms with Crippen LogP contribution in [0.4, 0.5) is 5.95 Å². The average Bonchev–Trinajstić information content (AvgIpc) is 3.09. The van der Waals surface area contributed by atoms with Gasteiger partial charge in [-0.1, -0.05) is 34.9 Å². The number of thioether (sulfide) groups is 1. The summed E-state index contributed by atoms with van der Waals surface area (Å²) in [5.41, 5.74) is 6.09. The lowest BCUT2D eigenvalue weighted by molar-refractivity contribution is -0.118. The number of halogens is 1. The van der Waals surface area contributed by atoms with Crippen LogP contribution in [0, 0.1) is 0 Å². The summed E-state index contributed by atoms with van der Waals surface area (Å²) in [6.07, 6.45) is 0. The van der Waals surface area contributed by atoms with Crippen molar-refractivity contribution in [1.82, 2.24) is 25.6 Å². The second kappa shape index (κ2) is 7.80. The third kappa shape index (κ3) is 4.24. The molecule has 0 aliphatic carbocycles. The molecule has 0 atom stereocenters. The zero-order valence-electron chi connectivity index (χ0n) is 12.4. The SMILES string of the molecule is O=C(CSc1ccc(Cl)cc1)NNc1nnnn1-c1ccccc1. The van der Waals surface area contributed by atoms with E-state index in [1.54, 1.807) is 12.1 Å². The molecule has 7 nitrogen and oxygen atoms in total. The van der Waals surface area contributed by atoms with Crippen LogP contribution in [0.1, 0.15) is 0 Å². The predicted molar refractivity (Wildman–Crippen MR) is 93.1 cm³/mol. The summed E-state index contributed by atoms with van der Waals surface area (Å²) >= 11 is 7.23. The molecule has 0 saturated carbocycles. The molecule has 0 aliphatic rings. The maximum absolute atomic E-state index is 11.9. The summed E-state index contributed by atoms with van der Waals surface area (Å²) in [6.45, 7) is 0. The van der Waals surface area contributed by atoms with Crippen LogP contribution in [0.5, 0.6) is 0 Å². The minimum absolute atomic E-state index is 0.197. The van der Waals surface area contributed by atoms with Gasteiger partial charge in [0.05, 0.1) is 11.4 Å². The van der Waals surface area contributed by atoms with Crippen LogP contribution in [-0.2, 0) is 4.79 Å². The third-order valence-electron chi connectivity index (χ3n) is 2.97. The van der Waals surface area contributed by atoms with Crippen LogP contribution in [0.2, 0.25) is 5.02 Å². The third-order valence-corrected chi connectivity index (χ3v) is 4.23. The molecule has 3 rings (SSSR count). The Morgan fingerprint density at radius 2 is 1.88 bits per heavy atom. The lowest BCUT2D eigenvalue weighted by atomic mass is 10.3. The van der Waals surface area contributed by atoms with E-state index in [0.717, 1.165) is 10.6 Å². The van der Waals surface area contributed by atoms with Crippen molar-refractivity contribution in [1.29, 1.82) is 0 Å². The number of hydrazine groups is 1. The standard InChI is InChI=1S/C15H13ClN6OS/c16-11-6-8-13(9-7-11)24-10-14(23)17-18-15-19-20-21-22(15)12-4-2-1-3-5-12/h1-9H,10H2,(H,17,23)(H,18,19,21). The number of nitrogens with one attached hydrogen (secondary N) is 2. The molecule has 1 aromatic heterocycles. The number of benzene rings is 2. The number of nitrogens with zero attached hydrogens (tertiary/aromatic N) is 4. The number of para-hydroxylation sites is 1. The van der Waals surface area contributed by atoms with Gasteiger partial charge in [-0.05, 0) is 46.8 Å². The molecule has 0 saturated heterocycles. The van der Waals surface area contributed by atoms with Crippen LogP contribution in [-0.4, -0.2) is 31.9 Å². The van der Waals surface area contributed by atoms with Gasteiger partial charge >= 0.3 is 0 Å². The topological polar surface area (TPSA) is 84.7 Å². The molecule has 1 heterocycles. The molecular formula is C15H13ClN6OS. The molecule has 0 unspecified atom stereocenters. The second-order valence-electron chi connectivity index (χ2n) is 4.67. The summed E-state index contributed by atoms with van der Waals surface area (Å²) in [5.74, 6) is 0.380. The summed E-state index contributed by atoms with van der Waals surface area (Å²) in [6, 6.07) is 16.7. The number of aromatic nitrogens is 4. The number of hydrogen-bond donors (Lipinski definition) is 2. The molecule has 2 aromatic carbocycles. The quantitative estimate of drug-likeness (QED) is 0.519. The van der Waals surface area contributed by atoms with Crippen molar-refractivity contribution in [2.75, 3.05) is 11.2 Å². The molecule has 0 spiro atoms. The maximum Gasteiger partial charge on any atom is 0.266 e. The first-order valence-electron chi connectivity index (χ1n) is 6.99. The molecule has 9 heteroatoms. The van der Waals surface area contributed by atoms with E-state index in [2.05, 4.69) is 26.4 Å². The highest BCUT2D eigenvalue weighted by molar-refractivity contribution is 8.00. The Morgan fingerprint density at radius 1 is 1.12 bits per heavy atom. The van der Waals surface area contributed by atoms with E-state index in [1.165, 1.54) is 16.4 Å². The number of hydrogen-bond acceptors (Lipinski definition) is 6. The molecule has 122 valence electrons. The number of carbonyl (C=O) groups excluding carboxylic acids is 1. The van der Waals surface area contributed by atoms with E-state index in [1.807, 2.05) is 42.5 Å². The Hall–Kier alpha value is -2.58. The van der Waals surface area contributed by atoms with Crippen LogP contribution in [0.25, 0.3) is 5.69 Å². The van der Waals surface area contributed by atoms with Gasteiger partial charge in [0.2, 0.25) is 5.91 Å². The predicted octanol–water partition coefficient (Wildman–Crippen LogP) is 2.55. The summed E-state index contributed by atoms with van der Waals surface area (Å²) in [5, 5.41) is 12.0. The smallest absolute Gasteiger partial charge is 0.266 e. The van der Waals surface area contributed by atoms with Gasteiger partial charge in [-0.15, -0.1) is 11.8 Å². The fraction of sp³-hybridized carbons (Fsp3) is 0.0667. The van der Waals surface area contributed by atoms with Crippen molar-refractivity contribution in [2.45, 2.75) is 4.90 Å². The van der Waals surface area contributed by atoms with Crippen molar-refractivity contribution in [3.63, 3.8) is 0 Å². The van der Waals surface area contributed by atoms with Gasteiger partial charge in [-0.2, -0.15) is 4.68 Å². The largest absolute Gasteiger partial charge is 0.272 e. The Labute approximate surface area is 147 Å². The monoisotopic (exact) mass is 360 g/mol. The first-order chi connectivity index (χ1) is 11.7. The number of amides is 1. The lowest BCUT2D eigenvalue weighted by Gasteiger charge is -2.08. The van der Waals surface area contributed by atoms with Gasteiger partial charge in [0.15, 0.2) is 0 Å². The first kappa shape index (κ1) is 16.3. The van der Waals surface area contributed by atoms with Crippen LogP contribution >= 0.6 is 23.4 Å². The Bertz CT molecular complexity index is 808. The van der Waals surface area contributed by atoms with Gasteiger partial charge in [-0.3, -0.25) is 15.6 Å². The molecule has 0 bridgehead atoms. The van der Waals surface area contributed by atoms with Gasteiger partial charge in [0.1, 0.15) is 0 Å². The lowest BCUT2D eigenvalue weighted by Crippen LogP contribution is -2.32. The molecule has 0 radical (unpaired) electrons. The maximum atomic E-state index is 11.9. The number of carbonyl (C=O) groups is 1. The minimum atomic E-state index is -0.197. The number of rotatable bonds is 6. The molecule has 2 N–H and O–H groups in total. The highest BCUT2D eigenvalue weighted by atomic mass is 35.5. The van der Waals surface area contributed by atoms with E-state index < -0.39 is 0 Å². The van der Waals surface area contributed by atoms with E-state index in [0.29, 0.717) is 11.0 Å². The molecule has 1 amide bonds. The van der Waals surface area contributed by atoms with Crippen LogP contribution < -0.4 is 10.9 Å². The molecule has 3 aromatic rings. The normalized spacial score (nSPS) is 10.4. The number of anilines is 1. The van der Waals surface area contributed by atoms with Gasteiger partial charge in [0, 0.05) is 9.92 Å². The van der Waals surface area contributed by atoms with Crippen molar-refractivity contribution in [2.24, 2.45) is 0 Å². The van der Waals surface area contributed by atoms with Gasteiger partial charge < -0.3 is 0 Å². The second-order valence-corrected chi connectivity index (χ2v) is 6.15. The molecule has 0 fully saturated rings. The van der Waals surface area contributed by atoms with Crippen molar-refractivity contribution >= 4 is 35.2 Å². The van der Waals surface area contributed by atoms with Crippen molar-refractivity contribution in [3.8, 4) is 5.69 Å². The average molecular weight is 361 g/mol. The van der Waals surface area contributed by atoms with Crippen LogP contribution in [0.3, 0.4) is 0 Å². The zero-order chi connectivity index (χ0) is 16.8. The first-order valence-corrected chi connectivity index (χ1v) is 8.36. The Kier molecular flexibility index (Phi) is 5.29. The van der Waals surface area contributed by atoms with E-state index >= 15 is 0 Å². The summed E-state index contributed by atoms with van der Waals surface area (Å²) < 4.78 is 1.49. The summed E-state index contributed by atoms with van der Waals surface area (Å²) in [7, 11) is 0. The van der Waals surface area contributed by atoms with Crippen molar-refractivity contribution < 1.29 is 4.79 Å². The van der Waals surface area contributed by atoms with Crippen LogP contribution in [0.15, 0.2) is 59.5 Å². The summed E-state index contributed by atoms with van der Waals surface area (Å²) in [4.78, 5) is 12.9. The Morgan fingerprint density at radius 3 is 2.62 bits per heavy atom. The highest BCUT2D eigenvalue weighted by Crippen LogP contribution is 2.19. The molecular weight excluding hydrogens is 348 g/mol. The van der Waals surface area contributed by atoms with E-state index in [4.69, 9.17) is 11.6 Å². The zero-order valence-corrected chi connectivity index (χ0v) is 14.0. The van der Waals surface area contributed by atoms with E-state index in [-0.39, 0.29) is 11.7 Å². The fourth-order valence-electron chi connectivity index (χ4n) is 1.85. The van der Waals surface area contributed by atoms with Crippen molar-refractivity contribution in [3.05, 3.63) is 59.6 Å². The highest BCUT2D eigenvalue weighted by Gasteiger charge is 2.09. The minimum Gasteiger partial charge on any atom is -0.272 e. The molecule has 0 aliphatic heterocycles. The number of tetrazole rings is 1.